The van der Waals surface area contributed by atoms with Crippen molar-refractivity contribution in [1.29, 1.82) is 0 Å². The Morgan fingerprint density at radius 3 is 2.62 bits per heavy atom. The summed E-state index contributed by atoms with van der Waals surface area (Å²) in [6.07, 6.45) is 6.42. The van der Waals surface area contributed by atoms with Crippen molar-refractivity contribution in [3.05, 3.63) is 28.5 Å². The SMILES string of the molecule is CC(C)c1cc(C(=O)N(C)CC2CCCCC2)cc(Cl)n1. The first-order valence-electron chi connectivity index (χ1n) is 7.90. The maximum absolute atomic E-state index is 12.6. The van der Waals surface area contributed by atoms with Crippen LogP contribution in [-0.4, -0.2) is 29.4 Å². The third-order valence-corrected chi connectivity index (χ3v) is 4.45. The topological polar surface area (TPSA) is 33.2 Å². The Morgan fingerprint density at radius 2 is 2.00 bits per heavy atom. The van der Waals surface area contributed by atoms with E-state index >= 15 is 0 Å². The normalized spacial score (nSPS) is 16.2. The highest BCUT2D eigenvalue weighted by Crippen LogP contribution is 2.25. The van der Waals surface area contributed by atoms with Crippen molar-refractivity contribution in [2.24, 2.45) is 5.92 Å². The zero-order valence-corrected chi connectivity index (χ0v) is 14.0. The number of rotatable bonds is 4. The fraction of sp³-hybridized carbons (Fsp3) is 0.647. The Kier molecular flexibility index (Phi) is 5.63. The number of carbonyl (C=O) groups excluding carboxylic acids is 1. The van der Waals surface area contributed by atoms with Crippen LogP contribution in [0.5, 0.6) is 0 Å². The predicted octanol–water partition coefficient (Wildman–Crippen LogP) is 4.51. The molecule has 0 unspecified atom stereocenters. The van der Waals surface area contributed by atoms with E-state index in [9.17, 15) is 4.79 Å². The van der Waals surface area contributed by atoms with Gasteiger partial charge in [-0.2, -0.15) is 0 Å². The van der Waals surface area contributed by atoms with Gasteiger partial charge in [0.2, 0.25) is 0 Å². The lowest BCUT2D eigenvalue weighted by molar-refractivity contribution is 0.0760. The molecular weight excluding hydrogens is 284 g/mol. The summed E-state index contributed by atoms with van der Waals surface area (Å²) in [7, 11) is 1.89. The maximum atomic E-state index is 12.6. The van der Waals surface area contributed by atoms with Crippen LogP contribution in [0.2, 0.25) is 5.15 Å². The van der Waals surface area contributed by atoms with E-state index in [1.165, 1.54) is 32.1 Å². The minimum absolute atomic E-state index is 0.0479. The van der Waals surface area contributed by atoms with Crippen LogP contribution in [0.15, 0.2) is 12.1 Å². The Balaban J connectivity index is 2.07. The second-order valence-corrected chi connectivity index (χ2v) is 6.84. The first kappa shape index (κ1) is 16.3. The highest BCUT2D eigenvalue weighted by molar-refractivity contribution is 6.29. The van der Waals surface area contributed by atoms with Gasteiger partial charge in [-0.25, -0.2) is 4.98 Å². The molecule has 2 rings (SSSR count). The summed E-state index contributed by atoms with van der Waals surface area (Å²) in [6.45, 7) is 4.95. The second kappa shape index (κ2) is 7.26. The van der Waals surface area contributed by atoms with Gasteiger partial charge >= 0.3 is 0 Å². The third-order valence-electron chi connectivity index (χ3n) is 4.26. The number of aromatic nitrogens is 1. The highest BCUT2D eigenvalue weighted by Gasteiger charge is 2.20. The molecule has 0 aliphatic heterocycles. The Labute approximate surface area is 132 Å². The summed E-state index contributed by atoms with van der Waals surface area (Å²) in [5.74, 6) is 0.959. The number of carbonyl (C=O) groups is 1. The monoisotopic (exact) mass is 308 g/mol. The van der Waals surface area contributed by atoms with E-state index in [0.29, 0.717) is 16.6 Å². The van der Waals surface area contributed by atoms with E-state index in [1.54, 1.807) is 6.07 Å². The van der Waals surface area contributed by atoms with Crippen LogP contribution in [-0.2, 0) is 0 Å². The van der Waals surface area contributed by atoms with Crippen LogP contribution in [0.3, 0.4) is 0 Å². The van der Waals surface area contributed by atoms with Crippen LogP contribution >= 0.6 is 11.6 Å². The molecule has 0 saturated heterocycles. The van der Waals surface area contributed by atoms with Crippen molar-refractivity contribution in [1.82, 2.24) is 9.88 Å². The molecule has 116 valence electrons. The van der Waals surface area contributed by atoms with Gasteiger partial charge in [0.25, 0.3) is 5.91 Å². The number of hydrogen-bond acceptors (Lipinski definition) is 2. The van der Waals surface area contributed by atoms with Crippen LogP contribution in [0.25, 0.3) is 0 Å². The van der Waals surface area contributed by atoms with Crippen LogP contribution < -0.4 is 0 Å². The van der Waals surface area contributed by atoms with Gasteiger partial charge in [-0.3, -0.25) is 4.79 Å². The van der Waals surface area contributed by atoms with E-state index in [1.807, 2.05) is 18.0 Å². The number of pyridine rings is 1. The summed E-state index contributed by atoms with van der Waals surface area (Å²) < 4.78 is 0. The van der Waals surface area contributed by atoms with Crippen molar-refractivity contribution in [2.75, 3.05) is 13.6 Å². The molecule has 0 bridgehead atoms. The molecule has 1 aromatic rings. The molecule has 1 aliphatic carbocycles. The number of amides is 1. The molecule has 3 nitrogen and oxygen atoms in total. The molecule has 0 aromatic carbocycles. The van der Waals surface area contributed by atoms with Gasteiger partial charge in [0.1, 0.15) is 5.15 Å². The van der Waals surface area contributed by atoms with Crippen molar-refractivity contribution < 1.29 is 4.79 Å². The van der Waals surface area contributed by atoms with Crippen molar-refractivity contribution in [3.8, 4) is 0 Å². The van der Waals surface area contributed by atoms with Gasteiger partial charge in [0, 0.05) is 24.8 Å². The molecule has 1 heterocycles. The Bertz CT molecular complexity index is 496. The second-order valence-electron chi connectivity index (χ2n) is 6.45. The van der Waals surface area contributed by atoms with Gasteiger partial charge in [-0.05, 0) is 36.8 Å². The van der Waals surface area contributed by atoms with Gasteiger partial charge in [-0.1, -0.05) is 44.7 Å². The number of halogens is 1. The lowest BCUT2D eigenvalue weighted by atomic mass is 9.89. The van der Waals surface area contributed by atoms with E-state index in [0.717, 1.165) is 12.2 Å². The fourth-order valence-corrected chi connectivity index (χ4v) is 3.21. The molecule has 1 aromatic heterocycles. The molecule has 21 heavy (non-hydrogen) atoms. The molecule has 0 spiro atoms. The lowest BCUT2D eigenvalue weighted by Crippen LogP contribution is -2.32. The Hall–Kier alpha value is -1.09. The minimum atomic E-state index is 0.0479. The van der Waals surface area contributed by atoms with Crippen molar-refractivity contribution in [3.63, 3.8) is 0 Å². The fourth-order valence-electron chi connectivity index (χ4n) is 3.00. The van der Waals surface area contributed by atoms with Gasteiger partial charge < -0.3 is 4.90 Å². The molecule has 1 aliphatic rings. The first-order chi connectivity index (χ1) is 9.97. The molecular formula is C17H25ClN2O. The molecule has 0 radical (unpaired) electrons. The van der Waals surface area contributed by atoms with E-state index in [-0.39, 0.29) is 11.8 Å². The predicted molar refractivity (Wildman–Crippen MR) is 86.9 cm³/mol. The molecule has 0 atom stereocenters. The average molecular weight is 309 g/mol. The maximum Gasteiger partial charge on any atom is 0.253 e. The minimum Gasteiger partial charge on any atom is -0.341 e. The Morgan fingerprint density at radius 1 is 1.33 bits per heavy atom. The van der Waals surface area contributed by atoms with Crippen LogP contribution in [0, 0.1) is 5.92 Å². The summed E-state index contributed by atoms with van der Waals surface area (Å²) in [5, 5.41) is 0.399. The molecule has 0 N–H and O–H groups in total. The third kappa shape index (κ3) is 4.44. The van der Waals surface area contributed by atoms with Gasteiger partial charge in [0.05, 0.1) is 0 Å². The molecule has 1 fully saturated rings. The van der Waals surface area contributed by atoms with Crippen molar-refractivity contribution in [2.45, 2.75) is 51.9 Å². The molecule has 4 heteroatoms. The van der Waals surface area contributed by atoms with Crippen LogP contribution in [0.4, 0.5) is 0 Å². The summed E-state index contributed by atoms with van der Waals surface area (Å²) >= 11 is 6.05. The van der Waals surface area contributed by atoms with Crippen LogP contribution in [0.1, 0.15) is 67.9 Å². The lowest BCUT2D eigenvalue weighted by Gasteiger charge is -2.27. The standard InChI is InChI=1S/C17H25ClN2O/c1-12(2)15-9-14(10-16(18)19-15)17(21)20(3)11-13-7-5-4-6-8-13/h9-10,12-13H,4-8,11H2,1-3H3. The van der Waals surface area contributed by atoms with E-state index in [2.05, 4.69) is 18.8 Å². The number of hydrogen-bond donors (Lipinski definition) is 0. The number of nitrogens with zero attached hydrogens (tertiary/aromatic N) is 2. The smallest absolute Gasteiger partial charge is 0.253 e. The largest absolute Gasteiger partial charge is 0.341 e. The molecule has 1 amide bonds. The van der Waals surface area contributed by atoms with Gasteiger partial charge in [0.15, 0.2) is 0 Å². The summed E-state index contributed by atoms with van der Waals surface area (Å²) in [6, 6.07) is 3.55. The zero-order chi connectivity index (χ0) is 15.4. The zero-order valence-electron chi connectivity index (χ0n) is 13.2. The van der Waals surface area contributed by atoms with Gasteiger partial charge in [-0.15, -0.1) is 0 Å². The summed E-state index contributed by atoms with van der Waals surface area (Å²) in [4.78, 5) is 18.7. The summed E-state index contributed by atoms with van der Waals surface area (Å²) in [5.41, 5.74) is 1.52. The average Bonchev–Trinajstić information content (AvgIpc) is 2.46. The van der Waals surface area contributed by atoms with Crippen molar-refractivity contribution >= 4 is 17.5 Å². The highest BCUT2D eigenvalue weighted by atomic mass is 35.5. The van der Waals surface area contributed by atoms with E-state index in [4.69, 9.17) is 11.6 Å². The first-order valence-corrected chi connectivity index (χ1v) is 8.28. The molecule has 1 saturated carbocycles. The quantitative estimate of drug-likeness (QED) is 0.767. The van der Waals surface area contributed by atoms with E-state index < -0.39 is 0 Å².